The number of nitrogens with one attached hydrogen (secondary N) is 2. The van der Waals surface area contributed by atoms with Crippen molar-refractivity contribution in [3.05, 3.63) is 165 Å². The molecule has 2 saturated carbocycles. The van der Waals surface area contributed by atoms with E-state index in [-0.39, 0.29) is 91.7 Å². The van der Waals surface area contributed by atoms with Crippen LogP contribution in [-0.2, 0) is 55.9 Å². The van der Waals surface area contributed by atoms with E-state index in [4.69, 9.17) is 19.8 Å². The van der Waals surface area contributed by atoms with Gasteiger partial charge in [-0.3, -0.25) is 36.5 Å². The topological polar surface area (TPSA) is 320 Å². The Morgan fingerprint density at radius 2 is 1.00 bits per heavy atom. The molecule has 0 bridgehead atoms. The predicted molar refractivity (Wildman–Crippen MR) is 300 cm³/mol. The molecule has 2 aliphatic carbocycles. The van der Waals surface area contributed by atoms with Crippen molar-refractivity contribution in [1.82, 2.24) is 58.6 Å². The lowest BCUT2D eigenvalue weighted by Gasteiger charge is -2.18. The minimum atomic E-state index is -4.82. The molecule has 12 rings (SSSR count). The van der Waals surface area contributed by atoms with Crippen LogP contribution >= 0.6 is 0 Å². The molecule has 0 unspecified atom stereocenters. The van der Waals surface area contributed by atoms with E-state index in [1.807, 2.05) is 0 Å². The monoisotopic (exact) mass is 1150 g/mol. The van der Waals surface area contributed by atoms with Gasteiger partial charge in [0, 0.05) is 61.1 Å². The van der Waals surface area contributed by atoms with Gasteiger partial charge in [-0.05, 0) is 95.8 Å². The molecular formula is C54H48F2N16O8S2. The molecule has 0 aliphatic heterocycles. The van der Waals surface area contributed by atoms with Crippen molar-refractivity contribution in [2.45, 2.75) is 50.7 Å². The van der Waals surface area contributed by atoms with E-state index in [0.717, 1.165) is 45.9 Å². The lowest BCUT2D eigenvalue weighted by molar-refractivity contribution is 0.302. The van der Waals surface area contributed by atoms with Gasteiger partial charge in [0.05, 0.1) is 70.6 Å². The third kappa shape index (κ3) is 11.1. The molecule has 2 aliphatic rings. The standard InChI is InChI=1S/C54H48F2N16O8S2/c1-69-25-35(23-59-69)61-53-65-47(63-51(57)67-53)37-5-3-7-43(71-15-13-31-19-33(29-9-10-29)21-41(55)45(31)49(71)73)39(37)27-79-81(75,76)17-18-82(77,78)80-28-40-38(48-64-52(58)68-54(66-48)62-36-24-60-70(2)26-36)6-4-8-44(40)72-16-14-32-20-34(30-11-12-30)22-42(56)46(32)50(72)74/h3-8,13-16,19-26,29-30H,9-12,17-18,27-28H2,1-2H3,(H3,57,61,63,65,67)(H3,58,62,64,66,68). The minimum Gasteiger partial charge on any atom is -0.368 e. The molecule has 0 radical (unpaired) electrons. The van der Waals surface area contributed by atoms with Gasteiger partial charge in [0.25, 0.3) is 31.4 Å². The second-order valence-electron chi connectivity index (χ2n) is 19.9. The molecule has 24 nitrogen and oxygen atoms in total. The molecule has 82 heavy (non-hydrogen) atoms. The van der Waals surface area contributed by atoms with E-state index in [0.29, 0.717) is 22.1 Å². The number of nitrogen functional groups attached to an aromatic ring is 2. The summed E-state index contributed by atoms with van der Waals surface area (Å²) < 4.78 is 104. The average Bonchev–Trinajstić information content (AvgIpc) is 4.50. The zero-order valence-electron chi connectivity index (χ0n) is 43.6. The molecule has 6 N–H and O–H groups in total. The van der Waals surface area contributed by atoms with Gasteiger partial charge in [-0.15, -0.1) is 0 Å². The van der Waals surface area contributed by atoms with E-state index >= 15 is 8.78 Å². The van der Waals surface area contributed by atoms with Crippen molar-refractivity contribution in [3.8, 4) is 34.2 Å². The Bertz CT molecular complexity index is 4290. The van der Waals surface area contributed by atoms with Crippen molar-refractivity contribution in [2.75, 3.05) is 33.6 Å². The normalized spacial score (nSPS) is 13.8. The first kappa shape index (κ1) is 53.3. The molecule has 0 amide bonds. The van der Waals surface area contributed by atoms with Gasteiger partial charge in [0.15, 0.2) is 11.6 Å². The molecule has 418 valence electrons. The zero-order chi connectivity index (χ0) is 57.2. The SMILES string of the molecule is Cn1cc(Nc2nc(N)nc(-c3cccc(-n4ccc5cc(C6CC6)cc(F)c5c4=O)c3COS(=O)(=O)CCS(=O)(=O)OCc3c(-c4nc(N)nc(Nc5cnn(C)c5)n4)cccc3-n3ccc4cc(C5CC5)cc(F)c4c3=O)n2)cn1. The second-order valence-corrected chi connectivity index (χ2v) is 23.4. The number of aromatic nitrogens is 12. The van der Waals surface area contributed by atoms with Crippen LogP contribution in [0, 0.1) is 11.6 Å². The molecule has 28 heteroatoms. The fourth-order valence-electron chi connectivity index (χ4n) is 9.69. The number of fused-ring (bicyclic) bond motifs is 2. The summed E-state index contributed by atoms with van der Waals surface area (Å²) in [6.07, 6.45) is 12.8. The molecule has 10 aromatic rings. The first-order valence-electron chi connectivity index (χ1n) is 25.6. The van der Waals surface area contributed by atoms with Crippen molar-refractivity contribution in [1.29, 1.82) is 0 Å². The van der Waals surface area contributed by atoms with Gasteiger partial charge in [-0.1, -0.05) is 36.4 Å². The first-order valence-corrected chi connectivity index (χ1v) is 28.7. The molecule has 4 aromatic carbocycles. The van der Waals surface area contributed by atoms with E-state index < -0.39 is 67.7 Å². The van der Waals surface area contributed by atoms with Gasteiger partial charge < -0.3 is 22.1 Å². The Morgan fingerprint density at radius 1 is 0.585 bits per heavy atom. The molecular weight excluding hydrogens is 1100 g/mol. The van der Waals surface area contributed by atoms with Crippen molar-refractivity contribution < 1.29 is 34.0 Å². The highest BCUT2D eigenvalue weighted by Crippen LogP contribution is 2.42. The maximum Gasteiger partial charge on any atom is 0.268 e. The summed E-state index contributed by atoms with van der Waals surface area (Å²) in [5, 5.41) is 14.6. The predicted octanol–water partition coefficient (Wildman–Crippen LogP) is 6.54. The zero-order valence-corrected chi connectivity index (χ0v) is 45.2. The van der Waals surface area contributed by atoms with E-state index in [1.54, 1.807) is 62.9 Å². The number of nitrogens with two attached hydrogens (primary N) is 2. The largest absolute Gasteiger partial charge is 0.368 e. The summed E-state index contributed by atoms with van der Waals surface area (Å²) in [6, 6.07) is 18.5. The molecule has 6 heterocycles. The number of rotatable bonds is 19. The molecule has 0 saturated heterocycles. The highest BCUT2D eigenvalue weighted by atomic mass is 32.2. The summed E-state index contributed by atoms with van der Waals surface area (Å²) in [6.45, 7) is -1.66. The summed E-state index contributed by atoms with van der Waals surface area (Å²) in [5.41, 5.74) is 13.7. The van der Waals surface area contributed by atoms with Crippen LogP contribution in [0.2, 0.25) is 0 Å². The highest BCUT2D eigenvalue weighted by molar-refractivity contribution is 7.90. The van der Waals surface area contributed by atoms with Crippen molar-refractivity contribution >= 4 is 76.9 Å². The number of halogens is 2. The minimum absolute atomic E-state index is 0.00799. The number of nitrogens with zero attached hydrogens (tertiary/aromatic N) is 12. The second kappa shape index (κ2) is 20.9. The number of hydrogen-bond donors (Lipinski definition) is 4. The number of hydrogen-bond acceptors (Lipinski definition) is 20. The van der Waals surface area contributed by atoms with Gasteiger partial charge in [-0.25, -0.2) is 8.78 Å². The van der Waals surface area contributed by atoms with Gasteiger partial charge >= 0.3 is 0 Å². The van der Waals surface area contributed by atoms with Crippen LogP contribution in [0.1, 0.15) is 59.8 Å². The fourth-order valence-corrected chi connectivity index (χ4v) is 12.2. The number of aryl methyl sites for hydroxylation is 2. The van der Waals surface area contributed by atoms with E-state index in [1.165, 1.54) is 70.5 Å². The van der Waals surface area contributed by atoms with Crippen LogP contribution in [0.5, 0.6) is 0 Å². The van der Waals surface area contributed by atoms with Crippen LogP contribution in [0.15, 0.2) is 120 Å². The smallest absolute Gasteiger partial charge is 0.268 e. The van der Waals surface area contributed by atoms with E-state index in [2.05, 4.69) is 50.7 Å². The summed E-state index contributed by atoms with van der Waals surface area (Å²) >= 11 is 0. The van der Waals surface area contributed by atoms with Crippen LogP contribution in [0.3, 0.4) is 0 Å². The average molecular weight is 1150 g/mol. The first-order chi connectivity index (χ1) is 39.3. The van der Waals surface area contributed by atoms with Crippen LogP contribution in [0.4, 0.5) is 43.9 Å². The maximum atomic E-state index is 15.9. The summed E-state index contributed by atoms with van der Waals surface area (Å²) in [7, 11) is -6.23. The Morgan fingerprint density at radius 3 is 1.38 bits per heavy atom. The van der Waals surface area contributed by atoms with Crippen molar-refractivity contribution in [2.24, 2.45) is 14.1 Å². The lowest BCUT2D eigenvalue weighted by atomic mass is 10.0. The Kier molecular flexibility index (Phi) is 13.6. The highest BCUT2D eigenvalue weighted by Gasteiger charge is 2.29. The van der Waals surface area contributed by atoms with E-state index in [9.17, 15) is 26.4 Å². The van der Waals surface area contributed by atoms with Crippen LogP contribution in [-0.4, -0.2) is 86.9 Å². The fraction of sp³-hybridized carbons (Fsp3) is 0.222. The quantitative estimate of drug-likeness (QED) is 0.0624. The molecule has 0 atom stereocenters. The number of benzene rings is 4. The van der Waals surface area contributed by atoms with Crippen molar-refractivity contribution in [3.63, 3.8) is 0 Å². The summed E-state index contributed by atoms with van der Waals surface area (Å²) in [5.74, 6) is -4.03. The number of anilines is 6. The Hall–Kier alpha value is -9.38. The molecule has 2 fully saturated rings. The van der Waals surface area contributed by atoms with Gasteiger partial charge in [-0.2, -0.15) is 56.9 Å². The van der Waals surface area contributed by atoms with Crippen LogP contribution < -0.4 is 33.2 Å². The lowest BCUT2D eigenvalue weighted by Crippen LogP contribution is -2.23. The number of pyridine rings is 2. The third-order valence-corrected chi connectivity index (χ3v) is 16.6. The molecule has 6 aromatic heterocycles. The Balaban J connectivity index is 0.854. The van der Waals surface area contributed by atoms with Gasteiger partial charge in [0.1, 0.15) is 11.6 Å². The van der Waals surface area contributed by atoms with Crippen LogP contribution in [0.25, 0.3) is 55.7 Å². The Labute approximate surface area is 464 Å². The van der Waals surface area contributed by atoms with Gasteiger partial charge in [0.2, 0.25) is 23.8 Å². The maximum absolute atomic E-state index is 15.9. The molecule has 0 spiro atoms. The summed E-state index contributed by atoms with van der Waals surface area (Å²) in [4.78, 5) is 54.7. The third-order valence-electron chi connectivity index (χ3n) is 13.9.